The molecule has 5 aromatic heterocycles. The number of thiazole rings is 1. The van der Waals surface area contributed by atoms with Crippen LogP contribution in [0, 0.1) is 33.6 Å². The first-order valence-electron chi connectivity index (χ1n) is 24.1. The van der Waals surface area contributed by atoms with Crippen LogP contribution in [0.25, 0.3) is 26.7 Å². The fraction of sp³-hybridized carbons (Fsp3) is 0.385. The highest BCUT2D eigenvalue weighted by Gasteiger charge is 2.43. The molecule has 3 amide bonds. The molecule has 3 N–H and O–H groups in total. The van der Waals surface area contributed by atoms with Crippen LogP contribution in [0.4, 0.5) is 0 Å². The number of halogens is 1. The molecule has 2 aliphatic heterocycles. The molecule has 7 aromatic rings. The van der Waals surface area contributed by atoms with Gasteiger partial charge in [0.2, 0.25) is 23.6 Å². The number of aliphatic imine (C=N–C) groups is 1. The van der Waals surface area contributed by atoms with Crippen LogP contribution >= 0.6 is 34.3 Å². The summed E-state index contributed by atoms with van der Waals surface area (Å²) in [4.78, 5) is 64.3. The second-order valence-electron chi connectivity index (χ2n) is 19.2. The molecule has 2 aromatic carbocycles. The lowest BCUT2D eigenvalue weighted by Crippen LogP contribution is -2.49. The number of aliphatic hydroxyl groups is 1. The molecule has 72 heavy (non-hydrogen) atoms. The van der Waals surface area contributed by atoms with Crippen molar-refractivity contribution in [3.05, 3.63) is 128 Å². The summed E-state index contributed by atoms with van der Waals surface area (Å²) in [5.41, 5.74) is 9.79. The number of benzene rings is 2. The summed E-state index contributed by atoms with van der Waals surface area (Å²) in [5.74, 6) is 0.725. The molecule has 2 fully saturated rings. The molecule has 0 unspecified atom stereocenters. The molecule has 20 heteroatoms. The fourth-order valence-corrected chi connectivity index (χ4v) is 11.9. The molecule has 10 rings (SSSR count). The Labute approximate surface area is 429 Å². The Morgan fingerprint density at radius 1 is 0.903 bits per heavy atom. The minimum absolute atomic E-state index is 0.0374. The third-order valence-electron chi connectivity index (χ3n) is 13.8. The second kappa shape index (κ2) is 20.1. The lowest BCUT2D eigenvalue weighted by atomic mass is 9.89. The SMILES string of the molecule is Cc1ncsc1-c1ccc([C@H](C)NC(=O)[C@@H]2C[C@@H](O)CN2C(=O)[C@@H](C(C)C)n2cc(-c3cnc(OC4CC(NC(=O)C[C@@H]5N=C(c6ccc(Cl)cc6)c6c(sc(C)c6C)-n6c(C)nnc65)C4)cn3)cn2)cc1. The smallest absolute Gasteiger partial charge is 0.248 e. The summed E-state index contributed by atoms with van der Waals surface area (Å²) in [7, 11) is 0. The summed E-state index contributed by atoms with van der Waals surface area (Å²) in [6, 6.07) is 13.0. The van der Waals surface area contributed by atoms with E-state index in [1.54, 1.807) is 52.1 Å². The van der Waals surface area contributed by atoms with Gasteiger partial charge in [-0.25, -0.2) is 15.0 Å². The van der Waals surface area contributed by atoms with Crippen LogP contribution in [-0.4, -0.2) is 104 Å². The normalized spacial score (nSPS) is 20.2. The van der Waals surface area contributed by atoms with Gasteiger partial charge in [-0.1, -0.05) is 61.8 Å². The molecule has 17 nitrogen and oxygen atoms in total. The zero-order valence-corrected chi connectivity index (χ0v) is 43.3. The van der Waals surface area contributed by atoms with Crippen LogP contribution in [-0.2, 0) is 14.4 Å². The van der Waals surface area contributed by atoms with Crippen LogP contribution in [0.15, 0.2) is 83.8 Å². The minimum Gasteiger partial charge on any atom is -0.473 e. The van der Waals surface area contributed by atoms with Crippen molar-refractivity contribution in [3.63, 3.8) is 0 Å². The number of hydrogen-bond donors (Lipinski definition) is 3. The van der Waals surface area contributed by atoms with Crippen LogP contribution in [0.2, 0.25) is 5.02 Å². The topological polar surface area (TPSA) is 208 Å². The predicted molar refractivity (Wildman–Crippen MR) is 276 cm³/mol. The fourth-order valence-electron chi connectivity index (χ4n) is 9.77. The Morgan fingerprint density at radius 2 is 1.65 bits per heavy atom. The largest absolute Gasteiger partial charge is 0.473 e. The van der Waals surface area contributed by atoms with Crippen molar-refractivity contribution in [3.8, 4) is 32.6 Å². The van der Waals surface area contributed by atoms with E-state index < -0.39 is 24.2 Å². The summed E-state index contributed by atoms with van der Waals surface area (Å²) in [6.45, 7) is 13.9. The van der Waals surface area contributed by atoms with E-state index in [9.17, 15) is 19.5 Å². The van der Waals surface area contributed by atoms with Gasteiger partial charge in [0, 0.05) is 64.6 Å². The van der Waals surface area contributed by atoms with Gasteiger partial charge in [0.25, 0.3) is 0 Å². The molecule has 7 heterocycles. The van der Waals surface area contributed by atoms with E-state index in [1.807, 2.05) is 93.2 Å². The highest BCUT2D eigenvalue weighted by Crippen LogP contribution is 2.40. The highest BCUT2D eigenvalue weighted by atomic mass is 35.5. The molecule has 372 valence electrons. The maximum atomic E-state index is 14.3. The zero-order chi connectivity index (χ0) is 50.5. The van der Waals surface area contributed by atoms with E-state index in [-0.39, 0.29) is 61.2 Å². The van der Waals surface area contributed by atoms with Crippen molar-refractivity contribution in [1.82, 2.24) is 55.0 Å². The van der Waals surface area contributed by atoms with Gasteiger partial charge < -0.3 is 25.4 Å². The molecule has 3 aliphatic rings. The Balaban J connectivity index is 0.743. The van der Waals surface area contributed by atoms with Crippen molar-refractivity contribution >= 4 is 57.7 Å². The van der Waals surface area contributed by atoms with Gasteiger partial charge in [0.15, 0.2) is 5.82 Å². The number of carbonyl (C=O) groups excluding carboxylic acids is 3. The number of carbonyl (C=O) groups is 3. The monoisotopic (exact) mass is 1030 g/mol. The van der Waals surface area contributed by atoms with Gasteiger partial charge in [-0.15, -0.1) is 32.9 Å². The Bertz CT molecular complexity index is 3180. The van der Waals surface area contributed by atoms with Crippen molar-refractivity contribution in [2.45, 2.75) is 117 Å². The second-order valence-corrected chi connectivity index (χ2v) is 21.7. The number of fused-ring (bicyclic) bond motifs is 3. The molecule has 5 atom stereocenters. The first kappa shape index (κ1) is 48.9. The molecular formula is C52H55ClN12O5S2. The lowest BCUT2D eigenvalue weighted by molar-refractivity contribution is -0.142. The van der Waals surface area contributed by atoms with Crippen molar-refractivity contribution in [1.29, 1.82) is 0 Å². The summed E-state index contributed by atoms with van der Waals surface area (Å²) >= 11 is 9.52. The first-order valence-corrected chi connectivity index (χ1v) is 26.2. The Morgan fingerprint density at radius 3 is 2.35 bits per heavy atom. The Kier molecular flexibility index (Phi) is 13.7. The quantitative estimate of drug-likeness (QED) is 0.0950. The molecule has 0 radical (unpaired) electrons. The Hall–Kier alpha value is -6.67. The van der Waals surface area contributed by atoms with Gasteiger partial charge in [-0.3, -0.25) is 28.6 Å². The minimum atomic E-state index is -0.848. The number of amides is 3. The number of nitrogens with zero attached hydrogens (tertiary/aromatic N) is 10. The van der Waals surface area contributed by atoms with Gasteiger partial charge in [-0.2, -0.15) is 5.10 Å². The number of aromatic nitrogens is 8. The van der Waals surface area contributed by atoms with E-state index >= 15 is 0 Å². The van der Waals surface area contributed by atoms with Crippen LogP contribution < -0.4 is 15.4 Å². The number of aliphatic hydroxyl groups excluding tert-OH is 1. The van der Waals surface area contributed by atoms with Gasteiger partial charge in [0.05, 0.1) is 64.6 Å². The van der Waals surface area contributed by atoms with Gasteiger partial charge >= 0.3 is 0 Å². The number of thiophene rings is 1. The van der Waals surface area contributed by atoms with E-state index in [1.165, 1.54) is 9.78 Å². The van der Waals surface area contributed by atoms with E-state index in [2.05, 4.69) is 54.7 Å². The molecule has 0 bridgehead atoms. The maximum absolute atomic E-state index is 14.3. The third kappa shape index (κ3) is 9.69. The van der Waals surface area contributed by atoms with Crippen LogP contribution in [0.5, 0.6) is 5.88 Å². The number of nitrogens with one attached hydrogen (secondary N) is 2. The zero-order valence-electron chi connectivity index (χ0n) is 40.9. The van der Waals surface area contributed by atoms with Gasteiger partial charge in [-0.05, 0) is 69.4 Å². The van der Waals surface area contributed by atoms with Crippen molar-refractivity contribution in [2.24, 2.45) is 10.9 Å². The molecule has 0 spiro atoms. The van der Waals surface area contributed by atoms with Crippen molar-refractivity contribution < 1.29 is 24.2 Å². The number of aryl methyl sites for hydroxylation is 3. The number of rotatable bonds is 14. The molecule has 1 saturated heterocycles. The summed E-state index contributed by atoms with van der Waals surface area (Å²) < 4.78 is 9.79. The summed E-state index contributed by atoms with van der Waals surface area (Å²) in [6.07, 6.45) is 6.93. The average Bonchev–Trinajstić information content (AvgIpc) is 4.19. The average molecular weight is 1030 g/mol. The van der Waals surface area contributed by atoms with Gasteiger partial charge in [0.1, 0.15) is 35.1 Å². The number of ether oxygens (including phenoxy) is 1. The van der Waals surface area contributed by atoms with Crippen LogP contribution in [0.3, 0.4) is 0 Å². The van der Waals surface area contributed by atoms with Crippen LogP contribution in [0.1, 0.15) is 109 Å². The standard InChI is InChI=1S/C52H55ClN12O5S2/c1-26(2)47(51(69)63-24-38(66)18-42(63)50(68)58-28(4)32-8-10-34(11-9-32)48-29(5)56-25-71-48)64-23-35(20-57-64)41-21-55-44(22-54-41)70-39-16-37(17-39)59-43(67)19-40-49-62-61-31(7)65(49)52-45(27(3)30(6)72-52)46(60-40)33-12-14-36(53)15-13-33/h8-15,20-23,25-26,28,37-40,42,47,66H,16-19,24H2,1-7H3,(H,58,68)(H,59,67)/t28-,37?,38+,39?,40-,42-,47+/m0/s1. The third-order valence-corrected chi connectivity index (χ3v) is 16.2. The maximum Gasteiger partial charge on any atom is 0.248 e. The number of β-amino-alcohol motifs (C(OH)–C–C–N with tert-alkyl or cyclic N) is 1. The van der Waals surface area contributed by atoms with E-state index in [0.29, 0.717) is 40.8 Å². The molecular weight excluding hydrogens is 972 g/mol. The van der Waals surface area contributed by atoms with Crippen molar-refractivity contribution in [2.75, 3.05) is 6.54 Å². The molecule has 1 aliphatic carbocycles. The number of likely N-dealkylation sites (tertiary alicyclic amines) is 1. The first-order chi connectivity index (χ1) is 34.6. The molecule has 1 saturated carbocycles. The highest BCUT2D eigenvalue weighted by molar-refractivity contribution is 7.15. The predicted octanol–water partition coefficient (Wildman–Crippen LogP) is 8.04. The summed E-state index contributed by atoms with van der Waals surface area (Å²) in [5, 5.41) is 32.1. The lowest BCUT2D eigenvalue weighted by Gasteiger charge is -2.35. The van der Waals surface area contributed by atoms with E-state index in [0.717, 1.165) is 54.9 Å². The number of hydrogen-bond acceptors (Lipinski definition) is 14. The van der Waals surface area contributed by atoms with E-state index in [4.69, 9.17) is 21.3 Å².